The van der Waals surface area contributed by atoms with Gasteiger partial charge in [-0.25, -0.2) is 0 Å². The fourth-order valence-electron chi connectivity index (χ4n) is 3.79. The molecule has 0 aliphatic carbocycles. The third kappa shape index (κ3) is 7.87. The minimum atomic E-state index is 0.185. The Bertz CT molecular complexity index is 779. The maximum absolute atomic E-state index is 13.0. The number of hydrogen-bond donors (Lipinski definition) is 0. The van der Waals surface area contributed by atoms with Crippen molar-refractivity contribution in [2.24, 2.45) is 11.3 Å². The third-order valence-electron chi connectivity index (χ3n) is 4.98. The van der Waals surface area contributed by atoms with Crippen LogP contribution in [0.2, 0.25) is 5.02 Å². The Kier molecular flexibility index (Phi) is 8.79. The Labute approximate surface area is 180 Å². The number of amides is 1. The van der Waals surface area contributed by atoms with Gasteiger partial charge in [0.25, 0.3) is 0 Å². The molecular formula is C24H35ClN2O2. The van der Waals surface area contributed by atoms with Crippen molar-refractivity contribution < 1.29 is 9.53 Å². The van der Waals surface area contributed by atoms with Gasteiger partial charge < -0.3 is 14.2 Å². The maximum Gasteiger partial charge on any atom is 0.223 e. The summed E-state index contributed by atoms with van der Waals surface area (Å²) in [6, 6.07) is 12.0. The summed E-state index contributed by atoms with van der Waals surface area (Å²) in [6.07, 6.45) is 3.63. The van der Waals surface area contributed by atoms with E-state index in [2.05, 4.69) is 38.3 Å². The summed E-state index contributed by atoms with van der Waals surface area (Å²) in [5.41, 5.74) is 2.39. The molecule has 29 heavy (non-hydrogen) atoms. The zero-order valence-corrected chi connectivity index (χ0v) is 19.2. The highest BCUT2D eigenvalue weighted by Crippen LogP contribution is 2.26. The molecule has 1 amide bonds. The Morgan fingerprint density at radius 1 is 1.21 bits per heavy atom. The quantitative estimate of drug-likeness (QED) is 0.501. The topological polar surface area (TPSA) is 34.5 Å². The van der Waals surface area contributed by atoms with Crippen molar-refractivity contribution in [2.75, 3.05) is 20.3 Å². The van der Waals surface area contributed by atoms with Gasteiger partial charge in [0.1, 0.15) is 0 Å². The van der Waals surface area contributed by atoms with E-state index in [1.165, 1.54) is 0 Å². The lowest BCUT2D eigenvalue weighted by atomic mass is 9.84. The number of aromatic nitrogens is 1. The summed E-state index contributed by atoms with van der Waals surface area (Å²) in [7, 11) is 1.67. The summed E-state index contributed by atoms with van der Waals surface area (Å²) in [5.74, 6) is 0.534. The molecule has 1 unspecified atom stereocenters. The van der Waals surface area contributed by atoms with Crippen molar-refractivity contribution >= 4 is 17.5 Å². The van der Waals surface area contributed by atoms with Crippen LogP contribution in [-0.2, 0) is 22.6 Å². The standard InChI is InChI=1S/C24H35ClN2O2/c1-19(16-24(2,3)4)15-23(28)27(13-14-29-5)18-21-10-8-12-26(21)17-20-9-6-7-11-22(20)25/h6-12,19H,13-18H2,1-5H3. The van der Waals surface area contributed by atoms with Gasteiger partial charge >= 0.3 is 0 Å². The number of ether oxygens (including phenoxy) is 1. The Morgan fingerprint density at radius 3 is 2.59 bits per heavy atom. The number of methoxy groups -OCH3 is 1. The number of rotatable bonds is 10. The van der Waals surface area contributed by atoms with Gasteiger partial charge in [-0.3, -0.25) is 4.79 Å². The summed E-state index contributed by atoms with van der Waals surface area (Å²) in [5, 5.41) is 0.760. The van der Waals surface area contributed by atoms with Crippen LogP contribution in [0.3, 0.4) is 0 Å². The monoisotopic (exact) mass is 418 g/mol. The Balaban J connectivity index is 2.09. The molecule has 0 bridgehead atoms. The SMILES string of the molecule is COCCN(Cc1cccn1Cc1ccccc1Cl)C(=O)CC(C)CC(C)(C)C. The smallest absolute Gasteiger partial charge is 0.223 e. The summed E-state index contributed by atoms with van der Waals surface area (Å²) in [6.45, 7) is 11.2. The summed E-state index contributed by atoms with van der Waals surface area (Å²) in [4.78, 5) is 15.0. The number of hydrogen-bond acceptors (Lipinski definition) is 2. The van der Waals surface area contributed by atoms with Crippen LogP contribution >= 0.6 is 11.6 Å². The Morgan fingerprint density at radius 2 is 1.93 bits per heavy atom. The molecule has 0 aliphatic rings. The molecule has 1 aromatic heterocycles. The molecule has 2 rings (SSSR count). The molecule has 0 N–H and O–H groups in total. The van der Waals surface area contributed by atoms with E-state index in [4.69, 9.17) is 16.3 Å². The second kappa shape index (κ2) is 10.8. The van der Waals surface area contributed by atoms with Gasteiger partial charge in [-0.2, -0.15) is 0 Å². The van der Waals surface area contributed by atoms with E-state index in [0.29, 0.717) is 38.6 Å². The lowest BCUT2D eigenvalue weighted by Gasteiger charge is -2.27. The normalized spacial score (nSPS) is 12.8. The number of halogens is 1. The molecule has 5 heteroatoms. The zero-order chi connectivity index (χ0) is 21.4. The number of benzene rings is 1. The molecule has 0 radical (unpaired) electrons. The van der Waals surface area contributed by atoms with Crippen LogP contribution in [0.15, 0.2) is 42.6 Å². The third-order valence-corrected chi connectivity index (χ3v) is 5.35. The van der Waals surface area contributed by atoms with Crippen molar-refractivity contribution in [3.05, 3.63) is 58.9 Å². The van der Waals surface area contributed by atoms with E-state index in [1.54, 1.807) is 7.11 Å². The van der Waals surface area contributed by atoms with Crippen LogP contribution in [-0.4, -0.2) is 35.6 Å². The van der Waals surface area contributed by atoms with Gasteiger partial charge in [-0.05, 0) is 41.5 Å². The first-order chi connectivity index (χ1) is 13.7. The first kappa shape index (κ1) is 23.5. The molecule has 160 valence electrons. The van der Waals surface area contributed by atoms with Crippen molar-refractivity contribution in [3.8, 4) is 0 Å². The van der Waals surface area contributed by atoms with Gasteiger partial charge in [0, 0.05) is 43.5 Å². The molecule has 0 fully saturated rings. The highest BCUT2D eigenvalue weighted by atomic mass is 35.5. The fraction of sp³-hybridized carbons (Fsp3) is 0.542. The van der Waals surface area contributed by atoms with Gasteiger partial charge in [0.2, 0.25) is 5.91 Å². The van der Waals surface area contributed by atoms with Crippen molar-refractivity contribution in [3.63, 3.8) is 0 Å². The predicted molar refractivity (Wildman–Crippen MR) is 120 cm³/mol. The van der Waals surface area contributed by atoms with E-state index >= 15 is 0 Å². The molecule has 0 aliphatic heterocycles. The van der Waals surface area contributed by atoms with Crippen LogP contribution in [0.1, 0.15) is 51.8 Å². The van der Waals surface area contributed by atoms with Crippen molar-refractivity contribution in [1.29, 1.82) is 0 Å². The van der Waals surface area contributed by atoms with Gasteiger partial charge in [0.05, 0.1) is 13.2 Å². The Hall–Kier alpha value is -1.78. The number of nitrogens with zero attached hydrogens (tertiary/aromatic N) is 2. The van der Waals surface area contributed by atoms with Crippen LogP contribution in [0, 0.1) is 11.3 Å². The summed E-state index contributed by atoms with van der Waals surface area (Å²) < 4.78 is 7.41. The second-order valence-corrected chi connectivity index (χ2v) is 9.51. The van der Waals surface area contributed by atoms with Crippen LogP contribution in [0.5, 0.6) is 0 Å². The molecule has 1 atom stereocenters. The molecule has 1 heterocycles. The van der Waals surface area contributed by atoms with Gasteiger partial charge in [0.15, 0.2) is 0 Å². The zero-order valence-electron chi connectivity index (χ0n) is 18.5. The van der Waals surface area contributed by atoms with E-state index in [-0.39, 0.29) is 11.3 Å². The van der Waals surface area contributed by atoms with E-state index in [9.17, 15) is 4.79 Å². The molecule has 1 aromatic carbocycles. The predicted octanol–water partition coefficient (Wildman–Crippen LogP) is 5.63. The molecule has 0 saturated carbocycles. The first-order valence-electron chi connectivity index (χ1n) is 10.3. The van der Waals surface area contributed by atoms with Gasteiger partial charge in [-0.15, -0.1) is 0 Å². The van der Waals surface area contributed by atoms with Crippen LogP contribution in [0.25, 0.3) is 0 Å². The lowest BCUT2D eigenvalue weighted by molar-refractivity contribution is -0.133. The van der Waals surface area contributed by atoms with Crippen LogP contribution < -0.4 is 0 Å². The highest BCUT2D eigenvalue weighted by Gasteiger charge is 2.22. The summed E-state index contributed by atoms with van der Waals surface area (Å²) >= 11 is 6.33. The lowest BCUT2D eigenvalue weighted by Crippen LogP contribution is -2.35. The minimum Gasteiger partial charge on any atom is -0.383 e. The van der Waals surface area contributed by atoms with E-state index in [0.717, 1.165) is 22.7 Å². The fourth-order valence-corrected chi connectivity index (χ4v) is 3.99. The molecule has 2 aromatic rings. The highest BCUT2D eigenvalue weighted by molar-refractivity contribution is 6.31. The second-order valence-electron chi connectivity index (χ2n) is 9.10. The van der Waals surface area contributed by atoms with Crippen LogP contribution in [0.4, 0.5) is 0 Å². The average Bonchev–Trinajstić information content (AvgIpc) is 3.05. The number of carbonyl (C=O) groups is 1. The molecule has 4 nitrogen and oxygen atoms in total. The molecule has 0 saturated heterocycles. The number of carbonyl (C=O) groups excluding carboxylic acids is 1. The minimum absolute atomic E-state index is 0.185. The van der Waals surface area contributed by atoms with Gasteiger partial charge in [-0.1, -0.05) is 57.5 Å². The van der Waals surface area contributed by atoms with E-state index in [1.807, 2.05) is 41.4 Å². The largest absolute Gasteiger partial charge is 0.383 e. The maximum atomic E-state index is 13.0. The average molecular weight is 419 g/mol. The van der Waals surface area contributed by atoms with Crippen molar-refractivity contribution in [2.45, 2.75) is 53.6 Å². The molecule has 0 spiro atoms. The van der Waals surface area contributed by atoms with Crippen molar-refractivity contribution in [1.82, 2.24) is 9.47 Å². The molecular weight excluding hydrogens is 384 g/mol. The van der Waals surface area contributed by atoms with E-state index < -0.39 is 0 Å². The first-order valence-corrected chi connectivity index (χ1v) is 10.7.